The van der Waals surface area contributed by atoms with Crippen LogP contribution in [0.25, 0.3) is 0 Å². The largest absolute Gasteiger partial charge is 0.361 e. The molecule has 1 aromatic heterocycles. The lowest BCUT2D eigenvalue weighted by molar-refractivity contribution is 0.591. The van der Waals surface area contributed by atoms with E-state index in [2.05, 4.69) is 19.6 Å². The Labute approximate surface area is 152 Å². The van der Waals surface area contributed by atoms with E-state index in [1.54, 1.807) is 25.1 Å². The molecule has 2 heterocycles. The Hall–Kier alpha value is -2.42. The molecule has 1 N–H and O–H groups in total. The van der Waals surface area contributed by atoms with Crippen LogP contribution < -0.4 is 14.5 Å². The van der Waals surface area contributed by atoms with Crippen molar-refractivity contribution < 1.29 is 12.8 Å². The van der Waals surface area contributed by atoms with Gasteiger partial charge in [0.05, 0.1) is 11.9 Å². The number of nitrogens with zero attached hydrogens (tertiary/aromatic N) is 4. The zero-order chi connectivity index (χ0) is 18.7. The third-order valence-corrected chi connectivity index (χ3v) is 5.36. The molecule has 1 aliphatic rings. The standard InChI is InChI=1S/C17H22FN5O2S/c1-22(2)16-15(11-19-17(20-16)23-9-5-6-10-23)21-26(24,25)12-13-7-3-4-8-14(13)18/h3-4,7-8,11,21H,5-6,9-10,12H2,1-2H3. The molecule has 1 aliphatic heterocycles. The summed E-state index contributed by atoms with van der Waals surface area (Å²) in [5.74, 6) is 0.0500. The molecule has 0 unspecified atom stereocenters. The average Bonchev–Trinajstić information content (AvgIpc) is 3.11. The number of hydrogen-bond donors (Lipinski definition) is 1. The van der Waals surface area contributed by atoms with Gasteiger partial charge in [-0.2, -0.15) is 4.98 Å². The molecule has 0 saturated carbocycles. The quantitative estimate of drug-likeness (QED) is 0.829. The van der Waals surface area contributed by atoms with E-state index in [-0.39, 0.29) is 11.3 Å². The van der Waals surface area contributed by atoms with Crippen LogP contribution in [0.1, 0.15) is 18.4 Å². The van der Waals surface area contributed by atoms with E-state index < -0.39 is 21.6 Å². The predicted octanol–water partition coefficient (Wildman–Crippen LogP) is 2.22. The zero-order valence-electron chi connectivity index (χ0n) is 14.8. The molecule has 140 valence electrons. The maximum absolute atomic E-state index is 13.8. The molecular formula is C17H22FN5O2S. The van der Waals surface area contributed by atoms with Crippen molar-refractivity contribution in [3.8, 4) is 0 Å². The third kappa shape index (κ3) is 4.21. The van der Waals surface area contributed by atoms with E-state index in [9.17, 15) is 12.8 Å². The lowest BCUT2D eigenvalue weighted by Gasteiger charge is -2.21. The van der Waals surface area contributed by atoms with Gasteiger partial charge in [-0.05, 0) is 18.9 Å². The average molecular weight is 379 g/mol. The first-order chi connectivity index (χ1) is 12.4. The lowest BCUT2D eigenvalue weighted by Crippen LogP contribution is -2.24. The molecule has 7 nitrogen and oxygen atoms in total. The summed E-state index contributed by atoms with van der Waals surface area (Å²) in [5.41, 5.74) is 0.385. The summed E-state index contributed by atoms with van der Waals surface area (Å²) < 4.78 is 41.2. The van der Waals surface area contributed by atoms with Crippen LogP contribution in [0, 0.1) is 5.82 Å². The molecule has 1 saturated heterocycles. The monoisotopic (exact) mass is 379 g/mol. The van der Waals surface area contributed by atoms with Gasteiger partial charge in [0.2, 0.25) is 16.0 Å². The SMILES string of the molecule is CN(C)c1nc(N2CCCC2)ncc1NS(=O)(=O)Cc1ccccc1F. The number of halogens is 1. The molecule has 1 aromatic carbocycles. The van der Waals surface area contributed by atoms with E-state index in [0.29, 0.717) is 11.8 Å². The molecule has 26 heavy (non-hydrogen) atoms. The van der Waals surface area contributed by atoms with Crippen LogP contribution in [0.2, 0.25) is 0 Å². The third-order valence-electron chi connectivity index (χ3n) is 4.14. The van der Waals surface area contributed by atoms with E-state index >= 15 is 0 Å². The number of rotatable bonds is 6. The van der Waals surface area contributed by atoms with E-state index in [4.69, 9.17) is 0 Å². The summed E-state index contributed by atoms with van der Waals surface area (Å²) in [6.07, 6.45) is 3.66. The second-order valence-corrected chi connectivity index (χ2v) is 8.17. The van der Waals surface area contributed by atoms with E-state index in [1.165, 1.54) is 24.4 Å². The fourth-order valence-electron chi connectivity index (χ4n) is 2.87. The van der Waals surface area contributed by atoms with Crippen molar-refractivity contribution >= 4 is 27.5 Å². The molecule has 0 atom stereocenters. The van der Waals surface area contributed by atoms with Crippen LogP contribution in [-0.4, -0.2) is 45.6 Å². The summed E-state index contributed by atoms with van der Waals surface area (Å²) >= 11 is 0. The number of anilines is 3. The van der Waals surface area contributed by atoms with Gasteiger partial charge in [-0.25, -0.2) is 17.8 Å². The molecular weight excluding hydrogens is 357 g/mol. The summed E-state index contributed by atoms with van der Waals surface area (Å²) in [6.45, 7) is 1.79. The van der Waals surface area contributed by atoms with Gasteiger partial charge in [-0.15, -0.1) is 0 Å². The lowest BCUT2D eigenvalue weighted by atomic mass is 10.2. The zero-order valence-corrected chi connectivity index (χ0v) is 15.6. The molecule has 0 aliphatic carbocycles. The van der Waals surface area contributed by atoms with Gasteiger partial charge in [0.15, 0.2) is 5.82 Å². The minimum atomic E-state index is -3.81. The fourth-order valence-corrected chi connectivity index (χ4v) is 4.06. The Kier molecular flexibility index (Phi) is 5.26. The van der Waals surface area contributed by atoms with E-state index in [1.807, 2.05) is 0 Å². The highest BCUT2D eigenvalue weighted by Crippen LogP contribution is 2.26. The highest BCUT2D eigenvalue weighted by Gasteiger charge is 2.21. The number of sulfonamides is 1. The topological polar surface area (TPSA) is 78.4 Å². The Bertz CT molecular complexity index is 882. The molecule has 2 aromatic rings. The number of aromatic nitrogens is 2. The van der Waals surface area contributed by atoms with Gasteiger partial charge in [-0.3, -0.25) is 4.72 Å². The van der Waals surface area contributed by atoms with Crippen LogP contribution >= 0.6 is 0 Å². The summed E-state index contributed by atoms with van der Waals surface area (Å²) in [6, 6.07) is 5.82. The van der Waals surface area contributed by atoms with Crippen molar-refractivity contribution in [3.05, 3.63) is 41.8 Å². The molecule has 0 radical (unpaired) electrons. The van der Waals surface area contributed by atoms with Crippen LogP contribution in [0.15, 0.2) is 30.5 Å². The van der Waals surface area contributed by atoms with Crippen LogP contribution in [0.5, 0.6) is 0 Å². The van der Waals surface area contributed by atoms with Gasteiger partial charge in [0, 0.05) is 32.7 Å². The van der Waals surface area contributed by atoms with Gasteiger partial charge in [0.25, 0.3) is 0 Å². The first kappa shape index (κ1) is 18.4. The van der Waals surface area contributed by atoms with Crippen LogP contribution in [-0.2, 0) is 15.8 Å². The van der Waals surface area contributed by atoms with Crippen molar-refractivity contribution in [1.29, 1.82) is 0 Å². The van der Waals surface area contributed by atoms with E-state index in [0.717, 1.165) is 25.9 Å². The highest BCUT2D eigenvalue weighted by atomic mass is 32.2. The number of nitrogens with one attached hydrogen (secondary N) is 1. The Morgan fingerprint density at radius 1 is 1.23 bits per heavy atom. The second kappa shape index (κ2) is 7.45. The Morgan fingerprint density at radius 2 is 1.92 bits per heavy atom. The van der Waals surface area contributed by atoms with Crippen molar-refractivity contribution in [2.75, 3.05) is 41.7 Å². The smallest absolute Gasteiger partial charge is 0.237 e. The first-order valence-corrected chi connectivity index (χ1v) is 10.0. The second-order valence-electron chi connectivity index (χ2n) is 6.45. The van der Waals surface area contributed by atoms with Crippen LogP contribution in [0.4, 0.5) is 21.8 Å². The maximum atomic E-state index is 13.8. The van der Waals surface area contributed by atoms with Crippen molar-refractivity contribution in [2.45, 2.75) is 18.6 Å². The first-order valence-electron chi connectivity index (χ1n) is 8.39. The van der Waals surface area contributed by atoms with Gasteiger partial charge >= 0.3 is 0 Å². The van der Waals surface area contributed by atoms with Crippen LogP contribution in [0.3, 0.4) is 0 Å². The van der Waals surface area contributed by atoms with Gasteiger partial charge in [-0.1, -0.05) is 18.2 Å². The minimum Gasteiger partial charge on any atom is -0.361 e. The van der Waals surface area contributed by atoms with Gasteiger partial charge < -0.3 is 9.80 Å². The Morgan fingerprint density at radius 3 is 2.58 bits per heavy atom. The summed E-state index contributed by atoms with van der Waals surface area (Å²) in [5, 5.41) is 0. The van der Waals surface area contributed by atoms with Gasteiger partial charge in [0.1, 0.15) is 11.5 Å². The number of benzene rings is 1. The normalized spacial score (nSPS) is 14.5. The predicted molar refractivity (Wildman–Crippen MR) is 100 cm³/mol. The highest BCUT2D eigenvalue weighted by molar-refractivity contribution is 7.91. The molecule has 0 amide bonds. The molecule has 3 rings (SSSR count). The van der Waals surface area contributed by atoms with Crippen molar-refractivity contribution in [1.82, 2.24) is 9.97 Å². The maximum Gasteiger partial charge on any atom is 0.237 e. The van der Waals surface area contributed by atoms with Crippen molar-refractivity contribution in [3.63, 3.8) is 0 Å². The molecule has 0 bridgehead atoms. The minimum absolute atomic E-state index is 0.112. The fraction of sp³-hybridized carbons (Fsp3) is 0.412. The molecule has 1 fully saturated rings. The summed E-state index contributed by atoms with van der Waals surface area (Å²) in [7, 11) is -0.243. The number of hydrogen-bond acceptors (Lipinski definition) is 6. The van der Waals surface area contributed by atoms with Crippen molar-refractivity contribution in [2.24, 2.45) is 0 Å². The summed E-state index contributed by atoms with van der Waals surface area (Å²) in [4.78, 5) is 12.6. The Balaban J connectivity index is 1.85. The molecule has 9 heteroatoms. The molecule has 0 spiro atoms.